The molecular formula is C12H16FNS. The van der Waals surface area contributed by atoms with Crippen molar-refractivity contribution in [3.05, 3.63) is 35.6 Å². The Hall–Kier alpha value is -0.540. The van der Waals surface area contributed by atoms with E-state index in [4.69, 9.17) is 0 Å². The van der Waals surface area contributed by atoms with Crippen LogP contribution in [0.3, 0.4) is 0 Å². The van der Waals surface area contributed by atoms with Crippen molar-refractivity contribution < 1.29 is 4.39 Å². The number of hydrogen-bond donors (Lipinski definition) is 1. The van der Waals surface area contributed by atoms with Gasteiger partial charge in [0.1, 0.15) is 5.82 Å². The zero-order valence-electron chi connectivity index (χ0n) is 8.71. The summed E-state index contributed by atoms with van der Waals surface area (Å²) in [6.07, 6.45) is 2.47. The lowest BCUT2D eigenvalue weighted by Crippen LogP contribution is -2.29. The highest BCUT2D eigenvalue weighted by molar-refractivity contribution is 7.99. The Morgan fingerprint density at radius 3 is 2.87 bits per heavy atom. The van der Waals surface area contributed by atoms with Crippen LogP contribution in [-0.2, 0) is 5.75 Å². The predicted molar refractivity (Wildman–Crippen MR) is 63.6 cm³/mol. The van der Waals surface area contributed by atoms with Crippen LogP contribution in [-0.4, -0.2) is 18.3 Å². The maximum absolute atomic E-state index is 12.9. The van der Waals surface area contributed by atoms with Crippen molar-refractivity contribution in [1.29, 1.82) is 0 Å². The molecule has 0 bridgehead atoms. The number of piperidine rings is 1. The van der Waals surface area contributed by atoms with E-state index in [1.807, 2.05) is 17.8 Å². The SMILES string of the molecule is Fc1cccc(CSC2CCNCC2)c1. The Bertz CT molecular complexity index is 310. The molecule has 82 valence electrons. The average molecular weight is 225 g/mol. The van der Waals surface area contributed by atoms with Crippen molar-refractivity contribution in [1.82, 2.24) is 5.32 Å². The van der Waals surface area contributed by atoms with Crippen LogP contribution < -0.4 is 5.32 Å². The molecular weight excluding hydrogens is 209 g/mol. The van der Waals surface area contributed by atoms with Crippen LogP contribution in [0.15, 0.2) is 24.3 Å². The summed E-state index contributed by atoms with van der Waals surface area (Å²) in [4.78, 5) is 0. The molecule has 0 saturated carbocycles. The third kappa shape index (κ3) is 3.50. The Morgan fingerprint density at radius 1 is 1.33 bits per heavy atom. The van der Waals surface area contributed by atoms with E-state index in [9.17, 15) is 4.39 Å². The first-order valence-corrected chi connectivity index (χ1v) is 6.46. The Morgan fingerprint density at radius 2 is 2.13 bits per heavy atom. The highest BCUT2D eigenvalue weighted by Crippen LogP contribution is 2.24. The average Bonchev–Trinajstić information content (AvgIpc) is 2.28. The Balaban J connectivity index is 1.81. The molecule has 1 aromatic rings. The van der Waals surface area contributed by atoms with Crippen molar-refractivity contribution in [3.63, 3.8) is 0 Å². The van der Waals surface area contributed by atoms with Crippen LogP contribution in [0.1, 0.15) is 18.4 Å². The van der Waals surface area contributed by atoms with Crippen LogP contribution in [0.4, 0.5) is 4.39 Å². The molecule has 1 saturated heterocycles. The maximum atomic E-state index is 12.9. The first-order chi connectivity index (χ1) is 7.34. The molecule has 1 aromatic carbocycles. The van der Waals surface area contributed by atoms with E-state index in [0.717, 1.165) is 29.7 Å². The number of benzene rings is 1. The molecule has 0 aromatic heterocycles. The fourth-order valence-corrected chi connectivity index (χ4v) is 2.98. The van der Waals surface area contributed by atoms with Gasteiger partial charge in [-0.2, -0.15) is 11.8 Å². The van der Waals surface area contributed by atoms with Gasteiger partial charge in [-0.3, -0.25) is 0 Å². The molecule has 1 N–H and O–H groups in total. The minimum atomic E-state index is -0.126. The first kappa shape index (κ1) is 11.0. The molecule has 1 aliphatic heterocycles. The summed E-state index contributed by atoms with van der Waals surface area (Å²) in [7, 11) is 0. The largest absolute Gasteiger partial charge is 0.317 e. The molecule has 0 unspecified atom stereocenters. The number of thioether (sulfide) groups is 1. The van der Waals surface area contributed by atoms with E-state index in [-0.39, 0.29) is 5.82 Å². The summed E-state index contributed by atoms with van der Waals surface area (Å²) in [6, 6.07) is 6.91. The van der Waals surface area contributed by atoms with Gasteiger partial charge in [0.15, 0.2) is 0 Å². The van der Waals surface area contributed by atoms with E-state index in [2.05, 4.69) is 5.32 Å². The van der Waals surface area contributed by atoms with E-state index >= 15 is 0 Å². The lowest BCUT2D eigenvalue weighted by atomic mass is 10.2. The number of hydrogen-bond acceptors (Lipinski definition) is 2. The third-order valence-electron chi connectivity index (χ3n) is 2.66. The van der Waals surface area contributed by atoms with Gasteiger partial charge >= 0.3 is 0 Å². The zero-order valence-corrected chi connectivity index (χ0v) is 9.52. The molecule has 1 fully saturated rings. The first-order valence-electron chi connectivity index (χ1n) is 5.41. The normalized spacial score (nSPS) is 17.9. The van der Waals surface area contributed by atoms with Crippen molar-refractivity contribution in [2.45, 2.75) is 23.8 Å². The highest BCUT2D eigenvalue weighted by Gasteiger charge is 2.12. The lowest BCUT2D eigenvalue weighted by Gasteiger charge is -2.21. The minimum absolute atomic E-state index is 0.126. The second-order valence-corrected chi connectivity index (χ2v) is 5.18. The quantitative estimate of drug-likeness (QED) is 0.849. The van der Waals surface area contributed by atoms with E-state index in [1.165, 1.54) is 18.9 Å². The summed E-state index contributed by atoms with van der Waals surface area (Å²) in [5.74, 6) is 0.806. The molecule has 0 aliphatic carbocycles. The highest BCUT2D eigenvalue weighted by atomic mass is 32.2. The second kappa shape index (κ2) is 5.52. The molecule has 1 aliphatic rings. The van der Waals surface area contributed by atoms with Gasteiger partial charge in [-0.25, -0.2) is 4.39 Å². The lowest BCUT2D eigenvalue weighted by molar-refractivity contribution is 0.531. The van der Waals surface area contributed by atoms with Crippen LogP contribution >= 0.6 is 11.8 Å². The summed E-state index contributed by atoms with van der Waals surface area (Å²) in [5, 5.41) is 4.09. The number of halogens is 1. The van der Waals surface area contributed by atoms with Gasteiger partial charge in [0.25, 0.3) is 0 Å². The fraction of sp³-hybridized carbons (Fsp3) is 0.500. The van der Waals surface area contributed by atoms with Gasteiger partial charge < -0.3 is 5.32 Å². The van der Waals surface area contributed by atoms with Crippen molar-refractivity contribution in [3.8, 4) is 0 Å². The molecule has 1 nitrogen and oxygen atoms in total. The molecule has 0 spiro atoms. The fourth-order valence-electron chi connectivity index (χ4n) is 1.80. The summed E-state index contributed by atoms with van der Waals surface area (Å²) in [5.41, 5.74) is 1.10. The van der Waals surface area contributed by atoms with Gasteiger partial charge in [-0.15, -0.1) is 0 Å². The van der Waals surface area contributed by atoms with Gasteiger partial charge in [0.2, 0.25) is 0 Å². The second-order valence-electron chi connectivity index (χ2n) is 3.89. The van der Waals surface area contributed by atoms with Crippen LogP contribution in [0.5, 0.6) is 0 Å². The minimum Gasteiger partial charge on any atom is -0.317 e. The molecule has 2 rings (SSSR count). The summed E-state index contributed by atoms with van der Waals surface area (Å²) >= 11 is 1.95. The molecule has 0 amide bonds. The molecule has 3 heteroatoms. The third-order valence-corrected chi connectivity index (χ3v) is 4.10. The van der Waals surface area contributed by atoms with Crippen LogP contribution in [0, 0.1) is 5.82 Å². The molecule has 15 heavy (non-hydrogen) atoms. The van der Waals surface area contributed by atoms with E-state index < -0.39 is 0 Å². The van der Waals surface area contributed by atoms with Crippen molar-refractivity contribution in [2.24, 2.45) is 0 Å². The van der Waals surface area contributed by atoms with Crippen LogP contribution in [0.25, 0.3) is 0 Å². The Kier molecular flexibility index (Phi) is 4.03. The number of nitrogens with one attached hydrogen (secondary N) is 1. The monoisotopic (exact) mass is 225 g/mol. The maximum Gasteiger partial charge on any atom is 0.123 e. The number of rotatable bonds is 3. The van der Waals surface area contributed by atoms with Crippen molar-refractivity contribution >= 4 is 11.8 Å². The standard InChI is InChI=1S/C12H16FNS/c13-11-3-1-2-10(8-11)9-15-12-4-6-14-7-5-12/h1-3,8,12,14H,4-7,9H2. The van der Waals surface area contributed by atoms with E-state index in [1.54, 1.807) is 12.1 Å². The van der Waals surface area contributed by atoms with Gasteiger partial charge in [0, 0.05) is 11.0 Å². The van der Waals surface area contributed by atoms with Crippen LogP contribution in [0.2, 0.25) is 0 Å². The predicted octanol–water partition coefficient (Wildman–Crippen LogP) is 2.81. The summed E-state index contributed by atoms with van der Waals surface area (Å²) < 4.78 is 12.9. The van der Waals surface area contributed by atoms with Gasteiger partial charge in [-0.1, -0.05) is 12.1 Å². The molecule has 0 radical (unpaired) electrons. The van der Waals surface area contributed by atoms with Gasteiger partial charge in [-0.05, 0) is 43.6 Å². The van der Waals surface area contributed by atoms with E-state index in [0.29, 0.717) is 0 Å². The van der Waals surface area contributed by atoms with Crippen molar-refractivity contribution in [2.75, 3.05) is 13.1 Å². The molecule has 0 atom stereocenters. The topological polar surface area (TPSA) is 12.0 Å². The smallest absolute Gasteiger partial charge is 0.123 e. The van der Waals surface area contributed by atoms with Gasteiger partial charge in [0.05, 0.1) is 0 Å². The summed E-state index contributed by atoms with van der Waals surface area (Å²) in [6.45, 7) is 2.25. The Labute approximate surface area is 94.5 Å². The molecule has 1 heterocycles. The zero-order chi connectivity index (χ0) is 10.5.